The lowest BCUT2D eigenvalue weighted by Crippen LogP contribution is -2.36. The van der Waals surface area contributed by atoms with Crippen molar-refractivity contribution in [3.8, 4) is 5.75 Å². The van der Waals surface area contributed by atoms with Crippen molar-refractivity contribution in [2.75, 3.05) is 13.4 Å². The fourth-order valence-electron chi connectivity index (χ4n) is 3.42. The molecule has 0 amide bonds. The highest BCUT2D eigenvalue weighted by molar-refractivity contribution is 7.98. The van der Waals surface area contributed by atoms with E-state index in [-0.39, 0.29) is 0 Å². The summed E-state index contributed by atoms with van der Waals surface area (Å²) >= 11 is 1.56. The average Bonchev–Trinajstić information content (AvgIpc) is 3.21. The second-order valence-electron chi connectivity index (χ2n) is 6.17. The molecule has 126 valence electrons. The highest BCUT2D eigenvalue weighted by atomic mass is 32.2. The maximum absolute atomic E-state index is 5.21. The van der Waals surface area contributed by atoms with Gasteiger partial charge in [-0.2, -0.15) is 4.98 Å². The molecule has 0 saturated heterocycles. The Labute approximate surface area is 145 Å². The maximum Gasteiger partial charge on any atom is 0.248 e. The van der Waals surface area contributed by atoms with Crippen LogP contribution in [0.4, 0.5) is 5.95 Å². The minimum Gasteiger partial charge on any atom is -0.497 e. The summed E-state index contributed by atoms with van der Waals surface area (Å²) in [5.74, 6) is 2.13. The first kappa shape index (κ1) is 15.7. The average molecular weight is 343 g/mol. The minimum absolute atomic E-state index is 0.334. The molecule has 7 heteroatoms. The molecule has 0 spiro atoms. The second kappa shape index (κ2) is 6.57. The number of hydrogen-bond acceptors (Lipinski definition) is 6. The Kier molecular flexibility index (Phi) is 4.28. The van der Waals surface area contributed by atoms with Crippen LogP contribution in [0.5, 0.6) is 5.75 Å². The quantitative estimate of drug-likeness (QED) is 0.846. The highest BCUT2D eigenvalue weighted by Gasteiger charge is 2.35. The minimum atomic E-state index is 0.334. The van der Waals surface area contributed by atoms with Gasteiger partial charge in [0.1, 0.15) is 5.75 Å². The molecule has 2 aliphatic rings. The number of aliphatic imine (C=N–C) groups is 1. The molecule has 1 aromatic carbocycles. The topological polar surface area (TPSA) is 64.3 Å². The fraction of sp³-hybridized carbons (Fsp3) is 0.471. The van der Waals surface area contributed by atoms with Gasteiger partial charge in [0, 0.05) is 24.2 Å². The fourth-order valence-corrected chi connectivity index (χ4v) is 3.78. The molecule has 2 heterocycles. The summed E-state index contributed by atoms with van der Waals surface area (Å²) in [6.45, 7) is 1.74. The number of methoxy groups -OCH3 is 1. The van der Waals surface area contributed by atoms with E-state index in [1.807, 2.05) is 23.1 Å². The smallest absolute Gasteiger partial charge is 0.248 e. The van der Waals surface area contributed by atoms with Crippen LogP contribution in [0.1, 0.15) is 18.4 Å². The highest BCUT2D eigenvalue weighted by Crippen LogP contribution is 2.32. The van der Waals surface area contributed by atoms with Crippen molar-refractivity contribution in [1.29, 1.82) is 0 Å². The summed E-state index contributed by atoms with van der Waals surface area (Å²) in [7, 11) is 1.69. The van der Waals surface area contributed by atoms with Crippen LogP contribution < -0.4 is 10.1 Å². The summed E-state index contributed by atoms with van der Waals surface area (Å²) in [6.07, 6.45) is 4.28. The molecule has 2 atom stereocenters. The first-order chi connectivity index (χ1) is 11.8. The standard InChI is InChI=1S/C17H21N5OS/c1-23-13-6-3-11(4-7-13)9-18-14-8-5-12-10-22-16(19-15(12)14)20-17(21-22)24-2/h3-4,6-7,12,14,18H,5,8-10H2,1-2H3. The van der Waals surface area contributed by atoms with Crippen molar-refractivity contribution in [1.82, 2.24) is 20.1 Å². The van der Waals surface area contributed by atoms with Gasteiger partial charge in [-0.25, -0.2) is 9.67 Å². The molecule has 0 bridgehead atoms. The number of aromatic nitrogens is 3. The van der Waals surface area contributed by atoms with Crippen molar-refractivity contribution in [3.05, 3.63) is 29.8 Å². The first-order valence-electron chi connectivity index (χ1n) is 8.20. The predicted octanol–water partition coefficient (Wildman–Crippen LogP) is 2.66. The number of nitrogens with one attached hydrogen (secondary N) is 1. The third kappa shape index (κ3) is 2.93. The van der Waals surface area contributed by atoms with Crippen molar-refractivity contribution in [2.45, 2.75) is 37.1 Å². The van der Waals surface area contributed by atoms with Gasteiger partial charge >= 0.3 is 0 Å². The molecule has 1 fully saturated rings. The summed E-state index contributed by atoms with van der Waals surface area (Å²) in [5.41, 5.74) is 2.50. The number of thioether (sulfide) groups is 1. The molecule has 2 aromatic rings. The number of rotatable bonds is 5. The number of fused-ring (bicyclic) bond motifs is 2. The van der Waals surface area contributed by atoms with E-state index < -0.39 is 0 Å². The molecule has 0 radical (unpaired) electrons. The van der Waals surface area contributed by atoms with Crippen LogP contribution in [0, 0.1) is 5.92 Å². The molecule has 1 aliphatic heterocycles. The summed E-state index contributed by atoms with van der Waals surface area (Å²) < 4.78 is 7.16. The summed E-state index contributed by atoms with van der Waals surface area (Å²) in [5, 5.41) is 8.95. The van der Waals surface area contributed by atoms with E-state index in [1.165, 1.54) is 11.3 Å². The summed E-state index contributed by atoms with van der Waals surface area (Å²) in [4.78, 5) is 9.29. The Bertz CT molecular complexity index is 755. The van der Waals surface area contributed by atoms with Crippen LogP contribution >= 0.6 is 11.8 Å². The second-order valence-corrected chi connectivity index (χ2v) is 6.95. The molecular weight excluding hydrogens is 322 g/mol. The Morgan fingerprint density at radius 2 is 2.12 bits per heavy atom. The van der Waals surface area contributed by atoms with Crippen LogP contribution in [0.25, 0.3) is 0 Å². The van der Waals surface area contributed by atoms with E-state index >= 15 is 0 Å². The Hall–Kier alpha value is -1.86. The molecular formula is C17H21N5OS. The van der Waals surface area contributed by atoms with Crippen LogP contribution in [-0.4, -0.2) is 39.9 Å². The van der Waals surface area contributed by atoms with Gasteiger partial charge in [-0.1, -0.05) is 23.9 Å². The molecule has 1 aromatic heterocycles. The zero-order chi connectivity index (χ0) is 16.5. The third-order valence-electron chi connectivity index (χ3n) is 4.73. The molecule has 1 N–H and O–H groups in total. The lowest BCUT2D eigenvalue weighted by molar-refractivity contribution is 0.414. The zero-order valence-corrected chi connectivity index (χ0v) is 14.7. The van der Waals surface area contributed by atoms with E-state index in [0.29, 0.717) is 12.0 Å². The van der Waals surface area contributed by atoms with Gasteiger partial charge in [-0.3, -0.25) is 0 Å². The number of hydrogen-bond donors (Lipinski definition) is 1. The van der Waals surface area contributed by atoms with Crippen molar-refractivity contribution in [3.63, 3.8) is 0 Å². The number of nitrogens with zero attached hydrogens (tertiary/aromatic N) is 4. The van der Waals surface area contributed by atoms with Crippen LogP contribution in [0.2, 0.25) is 0 Å². The summed E-state index contributed by atoms with van der Waals surface area (Å²) in [6, 6.07) is 8.53. The van der Waals surface area contributed by atoms with Gasteiger partial charge in [0.2, 0.25) is 11.1 Å². The Balaban J connectivity index is 1.46. The van der Waals surface area contributed by atoms with Gasteiger partial charge in [-0.05, 0) is 36.8 Å². The van der Waals surface area contributed by atoms with E-state index in [9.17, 15) is 0 Å². The third-order valence-corrected chi connectivity index (χ3v) is 5.27. The molecule has 2 unspecified atom stereocenters. The molecule has 24 heavy (non-hydrogen) atoms. The molecule has 4 rings (SSSR count). The Morgan fingerprint density at radius 3 is 2.88 bits per heavy atom. The van der Waals surface area contributed by atoms with E-state index in [2.05, 4.69) is 27.5 Å². The largest absolute Gasteiger partial charge is 0.497 e. The van der Waals surface area contributed by atoms with Gasteiger partial charge in [0.25, 0.3) is 0 Å². The Morgan fingerprint density at radius 1 is 1.29 bits per heavy atom. The lowest BCUT2D eigenvalue weighted by Gasteiger charge is -2.20. The van der Waals surface area contributed by atoms with E-state index in [4.69, 9.17) is 9.73 Å². The predicted molar refractivity (Wildman–Crippen MR) is 95.2 cm³/mol. The first-order valence-corrected chi connectivity index (χ1v) is 9.43. The molecule has 1 saturated carbocycles. The zero-order valence-electron chi connectivity index (χ0n) is 13.9. The van der Waals surface area contributed by atoms with E-state index in [1.54, 1.807) is 18.9 Å². The maximum atomic E-state index is 5.21. The van der Waals surface area contributed by atoms with Crippen LogP contribution in [0.3, 0.4) is 0 Å². The van der Waals surface area contributed by atoms with Gasteiger partial charge in [0.15, 0.2) is 0 Å². The number of ether oxygens (including phenoxy) is 1. The van der Waals surface area contributed by atoms with Crippen molar-refractivity contribution in [2.24, 2.45) is 10.9 Å². The van der Waals surface area contributed by atoms with Crippen LogP contribution in [-0.2, 0) is 13.1 Å². The monoisotopic (exact) mass is 343 g/mol. The van der Waals surface area contributed by atoms with E-state index in [0.717, 1.165) is 42.8 Å². The molecule has 1 aliphatic carbocycles. The number of benzene rings is 1. The van der Waals surface area contributed by atoms with Gasteiger partial charge in [0.05, 0.1) is 13.7 Å². The van der Waals surface area contributed by atoms with Gasteiger partial charge in [-0.15, -0.1) is 5.10 Å². The molecule has 6 nitrogen and oxygen atoms in total. The lowest BCUT2D eigenvalue weighted by atomic mass is 10.0. The normalized spacial score (nSPS) is 22.0. The van der Waals surface area contributed by atoms with Crippen molar-refractivity contribution < 1.29 is 4.74 Å². The van der Waals surface area contributed by atoms with Gasteiger partial charge < -0.3 is 10.1 Å². The van der Waals surface area contributed by atoms with Crippen molar-refractivity contribution >= 4 is 23.4 Å². The van der Waals surface area contributed by atoms with Crippen LogP contribution in [0.15, 0.2) is 34.4 Å². The SMILES string of the molecule is COc1ccc(CNC2CCC3Cn4nc(SC)nc4N=C32)cc1.